The van der Waals surface area contributed by atoms with Gasteiger partial charge in [0.05, 0.1) is 0 Å². The molecule has 0 saturated carbocycles. The van der Waals surface area contributed by atoms with Gasteiger partial charge in [-0.05, 0) is 63.2 Å². The first kappa shape index (κ1) is 22.9. The number of hydrogen-bond donors (Lipinski definition) is 2. The zero-order valence-electron chi connectivity index (χ0n) is 17.8. The molecule has 0 bridgehead atoms. The van der Waals surface area contributed by atoms with Gasteiger partial charge in [0, 0.05) is 17.7 Å². The molecule has 0 aromatic carbocycles. The Kier molecular flexibility index (Phi) is 10.00. The van der Waals surface area contributed by atoms with E-state index in [1.165, 1.54) is 25.7 Å². The van der Waals surface area contributed by atoms with Crippen LogP contribution in [0.15, 0.2) is 0 Å². The molecule has 0 aromatic rings. The Bertz CT molecular complexity index is 255. The van der Waals surface area contributed by atoms with Gasteiger partial charge in [0.15, 0.2) is 0 Å². The maximum Gasteiger partial charge on any atom is 0.0462 e. The molecule has 0 heterocycles. The molecule has 0 saturated heterocycles. The Hall–Kier alpha value is -0.0800. The van der Waals surface area contributed by atoms with E-state index in [1.807, 2.05) is 0 Å². The molecule has 0 radical (unpaired) electrons. The van der Waals surface area contributed by atoms with Crippen molar-refractivity contribution in [1.82, 2.24) is 10.6 Å². The molecular formula is C21H46N2. The second-order valence-corrected chi connectivity index (χ2v) is 10.0. The maximum absolute atomic E-state index is 3.85. The molecule has 0 aromatic heterocycles. The van der Waals surface area contributed by atoms with Gasteiger partial charge in [-0.1, -0.05) is 55.4 Å². The van der Waals surface area contributed by atoms with Crippen LogP contribution in [0.25, 0.3) is 0 Å². The summed E-state index contributed by atoms with van der Waals surface area (Å²) in [4.78, 5) is 0. The smallest absolute Gasteiger partial charge is 0.0462 e. The summed E-state index contributed by atoms with van der Waals surface area (Å²) in [5, 5.41) is 7.70. The largest absolute Gasteiger partial charge is 0.299 e. The van der Waals surface area contributed by atoms with Gasteiger partial charge in [-0.3, -0.25) is 10.6 Å². The van der Waals surface area contributed by atoms with Crippen LogP contribution in [0.1, 0.15) is 94.9 Å². The average molecular weight is 327 g/mol. The quantitative estimate of drug-likeness (QED) is 0.441. The predicted octanol–water partition coefficient (Wildman–Crippen LogP) is 5.82. The third kappa shape index (κ3) is 11.2. The number of nitrogens with one attached hydrogen (secondary N) is 2. The van der Waals surface area contributed by atoms with Crippen molar-refractivity contribution in [3.8, 4) is 0 Å². The molecule has 0 aliphatic carbocycles. The summed E-state index contributed by atoms with van der Waals surface area (Å²) < 4.78 is 0. The van der Waals surface area contributed by atoms with Crippen LogP contribution in [0.4, 0.5) is 0 Å². The minimum absolute atomic E-state index is 0.228. The summed E-state index contributed by atoms with van der Waals surface area (Å²) in [7, 11) is 0. The van der Waals surface area contributed by atoms with E-state index in [0.717, 1.165) is 30.3 Å². The lowest BCUT2D eigenvalue weighted by Crippen LogP contribution is -2.54. The van der Waals surface area contributed by atoms with Crippen LogP contribution in [0.5, 0.6) is 0 Å². The third-order valence-electron chi connectivity index (χ3n) is 4.47. The predicted molar refractivity (Wildman–Crippen MR) is 106 cm³/mol. The van der Waals surface area contributed by atoms with Gasteiger partial charge >= 0.3 is 0 Å². The minimum atomic E-state index is 0.228. The van der Waals surface area contributed by atoms with Crippen LogP contribution in [-0.4, -0.2) is 17.7 Å². The van der Waals surface area contributed by atoms with Gasteiger partial charge in [-0.25, -0.2) is 0 Å². The van der Waals surface area contributed by atoms with Gasteiger partial charge in [0.1, 0.15) is 0 Å². The second kappa shape index (κ2) is 10.0. The molecule has 2 heteroatoms. The van der Waals surface area contributed by atoms with E-state index < -0.39 is 0 Å². The Morgan fingerprint density at radius 1 is 0.522 bits per heavy atom. The maximum atomic E-state index is 3.85. The van der Waals surface area contributed by atoms with Crippen LogP contribution in [0, 0.1) is 23.7 Å². The Labute approximate surface area is 147 Å². The lowest BCUT2D eigenvalue weighted by molar-refractivity contribution is 0.197. The van der Waals surface area contributed by atoms with Crippen LogP contribution < -0.4 is 10.6 Å². The molecule has 0 aliphatic heterocycles. The molecule has 2 nitrogen and oxygen atoms in total. The summed E-state index contributed by atoms with van der Waals surface area (Å²) >= 11 is 0. The Balaban J connectivity index is 4.73. The highest BCUT2D eigenvalue weighted by Gasteiger charge is 2.29. The van der Waals surface area contributed by atoms with E-state index in [0.29, 0.717) is 0 Å². The van der Waals surface area contributed by atoms with Crippen molar-refractivity contribution in [2.75, 3.05) is 6.67 Å². The molecule has 0 rings (SSSR count). The fourth-order valence-corrected chi connectivity index (χ4v) is 4.53. The van der Waals surface area contributed by atoms with Crippen molar-refractivity contribution >= 4 is 0 Å². The summed E-state index contributed by atoms with van der Waals surface area (Å²) in [5.41, 5.74) is 0.456. The van der Waals surface area contributed by atoms with Crippen molar-refractivity contribution in [2.45, 2.75) is 106 Å². The lowest BCUT2D eigenvalue weighted by Gasteiger charge is -2.39. The zero-order chi connectivity index (χ0) is 18.3. The molecule has 0 amide bonds. The summed E-state index contributed by atoms with van der Waals surface area (Å²) in [6.45, 7) is 24.3. The van der Waals surface area contributed by atoms with Gasteiger partial charge in [0.25, 0.3) is 0 Å². The van der Waals surface area contributed by atoms with E-state index in [1.54, 1.807) is 0 Å². The highest BCUT2D eigenvalue weighted by Crippen LogP contribution is 2.26. The highest BCUT2D eigenvalue weighted by molar-refractivity contribution is 4.89. The highest BCUT2D eigenvalue weighted by atomic mass is 15.1. The first-order chi connectivity index (χ1) is 10.4. The van der Waals surface area contributed by atoms with Gasteiger partial charge in [0.2, 0.25) is 0 Å². The molecule has 0 unspecified atom stereocenters. The molecule has 0 atom stereocenters. The van der Waals surface area contributed by atoms with Crippen molar-refractivity contribution in [1.29, 1.82) is 0 Å². The second-order valence-electron chi connectivity index (χ2n) is 10.0. The van der Waals surface area contributed by atoms with Crippen LogP contribution in [0.2, 0.25) is 0 Å². The first-order valence-electron chi connectivity index (χ1n) is 9.87. The fourth-order valence-electron chi connectivity index (χ4n) is 4.53. The molecular weight excluding hydrogens is 280 g/mol. The topological polar surface area (TPSA) is 24.1 Å². The molecule has 0 fully saturated rings. The van der Waals surface area contributed by atoms with Gasteiger partial charge in [-0.15, -0.1) is 0 Å². The third-order valence-corrected chi connectivity index (χ3v) is 4.47. The van der Waals surface area contributed by atoms with E-state index in [-0.39, 0.29) is 11.1 Å². The van der Waals surface area contributed by atoms with E-state index in [9.17, 15) is 0 Å². The Morgan fingerprint density at radius 3 is 0.913 bits per heavy atom. The molecule has 140 valence electrons. The standard InChI is InChI=1S/C21H46N2/c1-16(2)11-20(9,12-17(3)4)22-15-23-21(10,13-18(5)6)14-19(7)8/h16-19,22-23H,11-15H2,1-10H3. The van der Waals surface area contributed by atoms with Crippen molar-refractivity contribution in [3.63, 3.8) is 0 Å². The van der Waals surface area contributed by atoms with Crippen LogP contribution in [0.3, 0.4) is 0 Å². The minimum Gasteiger partial charge on any atom is -0.299 e. The van der Waals surface area contributed by atoms with E-state index in [2.05, 4.69) is 79.9 Å². The van der Waals surface area contributed by atoms with E-state index >= 15 is 0 Å². The molecule has 2 N–H and O–H groups in total. The van der Waals surface area contributed by atoms with Crippen molar-refractivity contribution in [3.05, 3.63) is 0 Å². The summed E-state index contributed by atoms with van der Waals surface area (Å²) in [6.07, 6.45) is 4.94. The zero-order valence-corrected chi connectivity index (χ0v) is 17.8. The lowest BCUT2D eigenvalue weighted by atomic mass is 9.82. The first-order valence-corrected chi connectivity index (χ1v) is 9.87. The average Bonchev–Trinajstić information content (AvgIpc) is 2.22. The molecule has 0 aliphatic rings. The molecule has 23 heavy (non-hydrogen) atoms. The summed E-state index contributed by atoms with van der Waals surface area (Å²) in [5.74, 6) is 2.90. The normalized spacial score (nSPS) is 13.8. The molecule has 0 spiro atoms. The number of rotatable bonds is 12. The monoisotopic (exact) mass is 326 g/mol. The number of hydrogen-bond acceptors (Lipinski definition) is 2. The van der Waals surface area contributed by atoms with Crippen molar-refractivity contribution in [2.24, 2.45) is 23.7 Å². The van der Waals surface area contributed by atoms with Crippen molar-refractivity contribution < 1.29 is 0 Å². The summed E-state index contributed by atoms with van der Waals surface area (Å²) in [6, 6.07) is 0. The van der Waals surface area contributed by atoms with Gasteiger partial charge < -0.3 is 0 Å². The van der Waals surface area contributed by atoms with Gasteiger partial charge in [-0.2, -0.15) is 0 Å². The SMILES string of the molecule is CC(C)CC(C)(CC(C)C)NCNC(C)(CC(C)C)CC(C)C. The van der Waals surface area contributed by atoms with E-state index in [4.69, 9.17) is 0 Å². The van der Waals surface area contributed by atoms with Crippen LogP contribution in [-0.2, 0) is 0 Å². The fraction of sp³-hybridized carbons (Fsp3) is 1.00. The Morgan fingerprint density at radius 2 is 0.739 bits per heavy atom. The van der Waals surface area contributed by atoms with Crippen LogP contribution >= 0.6 is 0 Å².